The zero-order valence-electron chi connectivity index (χ0n) is 10.8. The van der Waals surface area contributed by atoms with Crippen molar-refractivity contribution < 1.29 is 22.7 Å². The first-order chi connectivity index (χ1) is 9.20. The van der Waals surface area contributed by atoms with E-state index in [4.69, 9.17) is 22.7 Å². The Morgan fingerprint density at radius 1 is 1.40 bits per heavy atom. The summed E-state index contributed by atoms with van der Waals surface area (Å²) >= 11 is 4.79. The topological polar surface area (TPSA) is 55.6 Å². The van der Waals surface area contributed by atoms with Gasteiger partial charge in [0.2, 0.25) is 0 Å². The van der Waals surface area contributed by atoms with Gasteiger partial charge in [-0.2, -0.15) is 13.2 Å². The van der Waals surface area contributed by atoms with Gasteiger partial charge in [-0.25, -0.2) is 0 Å². The molecule has 20 heavy (non-hydrogen) atoms. The van der Waals surface area contributed by atoms with Gasteiger partial charge in [0.15, 0.2) is 0 Å². The third-order valence-corrected chi connectivity index (χ3v) is 2.88. The standard InChI is InChI=1S/C12H13F3N2O2S/c1-17(11(18)12(13,14)15)9(10(16)20)7-5-3-4-6-8(7)19-2/h3-6,9H,1-2H3,(H2,16,20). The Hall–Kier alpha value is -1.83. The van der Waals surface area contributed by atoms with E-state index in [-0.39, 0.29) is 4.99 Å². The maximum atomic E-state index is 12.5. The van der Waals surface area contributed by atoms with Gasteiger partial charge in [0.1, 0.15) is 16.8 Å². The fourth-order valence-electron chi connectivity index (χ4n) is 1.76. The quantitative estimate of drug-likeness (QED) is 0.865. The minimum absolute atomic E-state index is 0.255. The molecule has 1 amide bonds. The van der Waals surface area contributed by atoms with Crippen LogP contribution in [0.3, 0.4) is 0 Å². The van der Waals surface area contributed by atoms with Crippen molar-refractivity contribution in [1.82, 2.24) is 4.90 Å². The molecule has 4 nitrogen and oxygen atoms in total. The molecule has 0 aliphatic carbocycles. The molecule has 0 radical (unpaired) electrons. The minimum atomic E-state index is -5.00. The highest BCUT2D eigenvalue weighted by molar-refractivity contribution is 7.80. The molecule has 1 aromatic carbocycles. The molecular formula is C12H13F3N2O2S. The highest BCUT2D eigenvalue weighted by Crippen LogP contribution is 2.31. The maximum Gasteiger partial charge on any atom is 0.471 e. The molecule has 8 heteroatoms. The normalized spacial score (nSPS) is 12.7. The van der Waals surface area contributed by atoms with Crippen LogP contribution in [0.4, 0.5) is 13.2 Å². The number of hydrogen-bond donors (Lipinski definition) is 1. The number of rotatable bonds is 4. The Balaban J connectivity index is 3.25. The van der Waals surface area contributed by atoms with Crippen LogP contribution < -0.4 is 10.5 Å². The summed E-state index contributed by atoms with van der Waals surface area (Å²) in [6.45, 7) is 0. The molecule has 0 aliphatic rings. The van der Waals surface area contributed by atoms with Gasteiger partial charge in [0.25, 0.3) is 0 Å². The van der Waals surface area contributed by atoms with Crippen molar-refractivity contribution in [2.45, 2.75) is 12.2 Å². The number of carbonyl (C=O) groups is 1. The van der Waals surface area contributed by atoms with Gasteiger partial charge in [-0.05, 0) is 6.07 Å². The molecule has 1 unspecified atom stereocenters. The van der Waals surface area contributed by atoms with Crippen LogP contribution in [0.15, 0.2) is 24.3 Å². The lowest BCUT2D eigenvalue weighted by molar-refractivity contribution is -0.185. The highest BCUT2D eigenvalue weighted by atomic mass is 32.1. The first-order valence-electron chi connectivity index (χ1n) is 5.46. The van der Waals surface area contributed by atoms with Crippen molar-refractivity contribution in [3.05, 3.63) is 29.8 Å². The van der Waals surface area contributed by atoms with Crippen molar-refractivity contribution in [1.29, 1.82) is 0 Å². The number of nitrogens with two attached hydrogens (primary N) is 1. The first-order valence-corrected chi connectivity index (χ1v) is 5.87. The molecule has 0 fully saturated rings. The monoisotopic (exact) mass is 306 g/mol. The number of methoxy groups -OCH3 is 1. The number of nitrogens with zero attached hydrogens (tertiary/aromatic N) is 1. The Labute approximate surface area is 119 Å². The second-order valence-corrected chi connectivity index (χ2v) is 4.43. The summed E-state index contributed by atoms with van der Waals surface area (Å²) in [5.41, 5.74) is 5.78. The van der Waals surface area contributed by atoms with Crippen LogP contribution in [-0.4, -0.2) is 36.1 Å². The first kappa shape index (κ1) is 16.2. The third kappa shape index (κ3) is 3.38. The molecule has 0 aromatic heterocycles. The second-order valence-electron chi connectivity index (χ2n) is 3.96. The van der Waals surface area contributed by atoms with Gasteiger partial charge in [0, 0.05) is 12.6 Å². The van der Waals surface area contributed by atoms with E-state index < -0.39 is 18.1 Å². The number of ether oxygens (including phenoxy) is 1. The van der Waals surface area contributed by atoms with E-state index in [0.717, 1.165) is 7.05 Å². The zero-order chi connectivity index (χ0) is 15.5. The van der Waals surface area contributed by atoms with Crippen LogP contribution in [0.2, 0.25) is 0 Å². The molecule has 1 rings (SSSR count). The average Bonchev–Trinajstić information content (AvgIpc) is 2.37. The van der Waals surface area contributed by atoms with Crippen LogP contribution in [0.25, 0.3) is 0 Å². The molecule has 1 atom stereocenters. The number of halogens is 3. The number of likely N-dealkylation sites (N-methyl/N-ethyl adjacent to an activating group) is 1. The van der Waals surface area contributed by atoms with Gasteiger partial charge >= 0.3 is 12.1 Å². The summed E-state index contributed by atoms with van der Waals surface area (Å²) in [5, 5.41) is 0. The van der Waals surface area contributed by atoms with Crippen molar-refractivity contribution in [2.75, 3.05) is 14.2 Å². The van der Waals surface area contributed by atoms with Crippen LogP contribution >= 0.6 is 12.2 Å². The number of para-hydroxylation sites is 1. The van der Waals surface area contributed by atoms with Crippen LogP contribution in [0.5, 0.6) is 5.75 Å². The van der Waals surface area contributed by atoms with Gasteiger partial charge in [0.05, 0.1) is 7.11 Å². The molecule has 110 valence electrons. The summed E-state index contributed by atoms with van der Waals surface area (Å²) in [6.07, 6.45) is -5.00. The Morgan fingerprint density at radius 2 is 1.95 bits per heavy atom. The van der Waals surface area contributed by atoms with E-state index >= 15 is 0 Å². The lowest BCUT2D eigenvalue weighted by atomic mass is 10.0. The van der Waals surface area contributed by atoms with Crippen molar-refractivity contribution in [3.63, 3.8) is 0 Å². The number of alkyl halides is 3. The molecule has 2 N–H and O–H groups in total. The molecule has 0 saturated carbocycles. The SMILES string of the molecule is COc1ccccc1C(C(N)=S)N(C)C(=O)C(F)(F)F. The van der Waals surface area contributed by atoms with Crippen LogP contribution in [0, 0.1) is 0 Å². The summed E-state index contributed by atoms with van der Waals surface area (Å²) in [7, 11) is 2.35. The highest BCUT2D eigenvalue weighted by Gasteiger charge is 2.44. The Morgan fingerprint density at radius 3 is 2.40 bits per heavy atom. The van der Waals surface area contributed by atoms with E-state index in [1.807, 2.05) is 0 Å². The predicted octanol–water partition coefficient (Wildman–Crippen LogP) is 2.04. The van der Waals surface area contributed by atoms with Gasteiger partial charge in [-0.3, -0.25) is 4.79 Å². The third-order valence-electron chi connectivity index (χ3n) is 2.65. The Bertz CT molecular complexity index is 520. The van der Waals surface area contributed by atoms with E-state index in [1.165, 1.54) is 13.2 Å². The Kier molecular flexibility index (Phi) is 4.93. The average molecular weight is 306 g/mol. The van der Waals surface area contributed by atoms with Crippen molar-refractivity contribution in [2.24, 2.45) is 5.73 Å². The van der Waals surface area contributed by atoms with Crippen molar-refractivity contribution in [3.8, 4) is 5.75 Å². The largest absolute Gasteiger partial charge is 0.496 e. The van der Waals surface area contributed by atoms with Gasteiger partial charge in [-0.15, -0.1) is 0 Å². The summed E-state index contributed by atoms with van der Waals surface area (Å²) in [4.78, 5) is 11.5. The fourth-order valence-corrected chi connectivity index (χ4v) is 2.05. The lowest BCUT2D eigenvalue weighted by Crippen LogP contribution is -2.44. The van der Waals surface area contributed by atoms with E-state index in [2.05, 4.69) is 0 Å². The molecule has 1 aromatic rings. The molecule has 0 heterocycles. The summed E-state index contributed by atoms with van der Waals surface area (Å²) in [5.74, 6) is -1.73. The second kappa shape index (κ2) is 6.08. The van der Waals surface area contributed by atoms with Crippen LogP contribution in [-0.2, 0) is 4.79 Å². The number of hydrogen-bond acceptors (Lipinski definition) is 3. The number of thiocarbonyl (C=S) groups is 1. The molecule has 0 bridgehead atoms. The maximum absolute atomic E-state index is 12.5. The number of amides is 1. The summed E-state index contributed by atoms with van der Waals surface area (Å²) in [6, 6.07) is 5.09. The zero-order valence-corrected chi connectivity index (χ0v) is 11.6. The van der Waals surface area contributed by atoms with Crippen LogP contribution in [0.1, 0.15) is 11.6 Å². The lowest BCUT2D eigenvalue weighted by Gasteiger charge is -2.29. The molecule has 0 saturated heterocycles. The number of benzene rings is 1. The van der Waals surface area contributed by atoms with E-state index in [9.17, 15) is 18.0 Å². The predicted molar refractivity (Wildman–Crippen MR) is 71.3 cm³/mol. The van der Waals surface area contributed by atoms with E-state index in [1.54, 1.807) is 18.2 Å². The van der Waals surface area contributed by atoms with Gasteiger partial charge < -0.3 is 15.4 Å². The number of carbonyl (C=O) groups excluding carboxylic acids is 1. The van der Waals surface area contributed by atoms with E-state index in [0.29, 0.717) is 16.2 Å². The summed E-state index contributed by atoms with van der Waals surface area (Å²) < 4.78 is 42.6. The minimum Gasteiger partial charge on any atom is -0.496 e. The molecule has 0 spiro atoms. The fraction of sp³-hybridized carbons (Fsp3) is 0.333. The smallest absolute Gasteiger partial charge is 0.471 e. The molecular weight excluding hydrogens is 293 g/mol. The van der Waals surface area contributed by atoms with Gasteiger partial charge in [-0.1, -0.05) is 30.4 Å². The molecule has 0 aliphatic heterocycles. The van der Waals surface area contributed by atoms with Crippen molar-refractivity contribution >= 4 is 23.1 Å².